The topological polar surface area (TPSA) is 135 Å². The number of allylic oxidation sites excluding steroid dienone is 1. The molecular weight excluding hydrogens is 694 g/mol. The van der Waals surface area contributed by atoms with Gasteiger partial charge in [-0.2, -0.15) is 0 Å². The molecule has 12 heteroatoms. The summed E-state index contributed by atoms with van der Waals surface area (Å²) in [6, 6.07) is 14.2. The van der Waals surface area contributed by atoms with E-state index in [1.807, 2.05) is 25.1 Å². The molecule has 2 N–H and O–H groups in total. The average Bonchev–Trinajstić information content (AvgIpc) is 3.72. The molecule has 49 heavy (non-hydrogen) atoms. The molecule has 0 radical (unpaired) electrons. The third-order valence-electron chi connectivity index (χ3n) is 9.76. The van der Waals surface area contributed by atoms with Crippen LogP contribution in [-0.4, -0.2) is 89.1 Å². The van der Waals surface area contributed by atoms with Gasteiger partial charge in [-0.1, -0.05) is 65.3 Å². The molecule has 1 unspecified atom stereocenters. The Morgan fingerprint density at radius 1 is 1.16 bits per heavy atom. The number of alkyl halides is 1. The van der Waals surface area contributed by atoms with Crippen LogP contribution in [0.2, 0.25) is 0 Å². The fourth-order valence-corrected chi connectivity index (χ4v) is 8.37. The van der Waals surface area contributed by atoms with E-state index in [0.29, 0.717) is 36.3 Å². The first kappa shape index (κ1) is 36.3. The fourth-order valence-electron chi connectivity index (χ4n) is 7.43. The van der Waals surface area contributed by atoms with Gasteiger partial charge in [0.2, 0.25) is 11.8 Å². The van der Waals surface area contributed by atoms with Crippen molar-refractivity contribution >= 4 is 45.3 Å². The number of amides is 3. The Kier molecular flexibility index (Phi) is 11.6. The molecule has 3 heterocycles. The van der Waals surface area contributed by atoms with Crippen LogP contribution < -0.4 is 15.0 Å². The molecule has 2 aromatic rings. The summed E-state index contributed by atoms with van der Waals surface area (Å²) in [5, 5.41) is 13.3. The Balaban J connectivity index is 1.50. The maximum atomic E-state index is 14.8. The number of carbonyl (C=O) groups is 4. The van der Waals surface area contributed by atoms with Gasteiger partial charge in [0.25, 0.3) is 5.91 Å². The van der Waals surface area contributed by atoms with E-state index >= 15 is 0 Å². The summed E-state index contributed by atoms with van der Waals surface area (Å²) >= 11 is 3.70. The van der Waals surface area contributed by atoms with Crippen LogP contribution in [0, 0.1) is 11.8 Å². The molecule has 2 bridgehead atoms. The maximum absolute atomic E-state index is 14.8. The lowest BCUT2D eigenvalue weighted by Gasteiger charge is -2.39. The van der Waals surface area contributed by atoms with E-state index in [1.165, 1.54) is 9.80 Å². The quantitative estimate of drug-likeness (QED) is 0.150. The molecule has 3 amide bonds. The van der Waals surface area contributed by atoms with E-state index in [2.05, 4.69) is 34.4 Å². The molecule has 5 rings (SSSR count). The largest absolute Gasteiger partial charge is 0.497 e. The number of esters is 1. The van der Waals surface area contributed by atoms with Crippen molar-refractivity contribution in [3.8, 4) is 5.75 Å². The number of hydrogen-bond acceptors (Lipinski definition) is 8. The van der Waals surface area contributed by atoms with Crippen LogP contribution >= 0.6 is 15.9 Å². The highest BCUT2D eigenvalue weighted by Crippen LogP contribution is 2.61. The number of nitrogens with one attached hydrogen (secondary N) is 1. The highest BCUT2D eigenvalue weighted by molar-refractivity contribution is 9.09. The van der Waals surface area contributed by atoms with Crippen LogP contribution in [0.25, 0.3) is 0 Å². The maximum Gasteiger partial charge on any atom is 0.313 e. The van der Waals surface area contributed by atoms with E-state index in [9.17, 15) is 24.3 Å². The van der Waals surface area contributed by atoms with E-state index in [-0.39, 0.29) is 36.9 Å². The van der Waals surface area contributed by atoms with Crippen LogP contribution in [0.4, 0.5) is 5.69 Å². The summed E-state index contributed by atoms with van der Waals surface area (Å²) in [5.74, 6) is -3.18. The van der Waals surface area contributed by atoms with E-state index in [4.69, 9.17) is 14.2 Å². The third-order valence-corrected chi connectivity index (χ3v) is 10.6. The van der Waals surface area contributed by atoms with Crippen molar-refractivity contribution in [3.63, 3.8) is 0 Å². The second-order valence-corrected chi connectivity index (χ2v) is 13.7. The molecular formula is C37H44BrN3O8. The van der Waals surface area contributed by atoms with Gasteiger partial charge in [0, 0.05) is 23.5 Å². The highest BCUT2D eigenvalue weighted by Gasteiger charge is 2.77. The first-order chi connectivity index (χ1) is 23.6. The van der Waals surface area contributed by atoms with Gasteiger partial charge in [-0.25, -0.2) is 0 Å². The second kappa shape index (κ2) is 15.7. The zero-order valence-corrected chi connectivity index (χ0v) is 29.4. The normalized spacial score (nSPS) is 26.4. The van der Waals surface area contributed by atoms with E-state index in [0.717, 1.165) is 0 Å². The number of aliphatic hydroxyl groups is 1. The van der Waals surface area contributed by atoms with E-state index in [1.54, 1.807) is 55.7 Å². The summed E-state index contributed by atoms with van der Waals surface area (Å²) in [5.41, 5.74) is -0.131. The Hall–Kier alpha value is -4.00. The van der Waals surface area contributed by atoms with Crippen molar-refractivity contribution in [1.29, 1.82) is 0 Å². The molecule has 8 atom stereocenters. The molecule has 3 saturated heterocycles. The molecule has 11 nitrogen and oxygen atoms in total. The Bertz CT molecular complexity index is 1530. The number of aliphatic hydroxyl groups excluding tert-OH is 1. The molecule has 262 valence electrons. The Morgan fingerprint density at radius 3 is 2.49 bits per heavy atom. The molecule has 0 aliphatic carbocycles. The minimum absolute atomic E-state index is 0.0273. The predicted octanol–water partition coefficient (Wildman–Crippen LogP) is 4.10. The summed E-state index contributed by atoms with van der Waals surface area (Å²) in [4.78, 5) is 58.7. The van der Waals surface area contributed by atoms with Gasteiger partial charge in [-0.15, -0.1) is 13.2 Å². The van der Waals surface area contributed by atoms with Crippen molar-refractivity contribution in [2.24, 2.45) is 11.8 Å². The first-order valence-corrected chi connectivity index (χ1v) is 17.5. The number of fused-ring (bicyclic) bond motifs is 1. The Labute approximate surface area is 295 Å². The van der Waals surface area contributed by atoms with Crippen LogP contribution in [0.3, 0.4) is 0 Å². The predicted molar refractivity (Wildman–Crippen MR) is 187 cm³/mol. The van der Waals surface area contributed by atoms with Crippen LogP contribution in [0.5, 0.6) is 5.75 Å². The molecule has 3 aliphatic heterocycles. The summed E-state index contributed by atoms with van der Waals surface area (Å²) in [7, 11) is 1.55. The minimum atomic E-state index is -1.37. The molecule has 0 saturated carbocycles. The fraction of sp³-hybridized carbons (Fsp3) is 0.459. The number of anilines is 1. The zero-order chi connectivity index (χ0) is 35.3. The molecule has 3 aliphatic rings. The molecule has 3 fully saturated rings. The Morgan fingerprint density at radius 2 is 1.88 bits per heavy atom. The molecule has 2 aromatic carbocycles. The van der Waals surface area contributed by atoms with Crippen LogP contribution in [0.15, 0.2) is 79.9 Å². The van der Waals surface area contributed by atoms with Crippen LogP contribution in [-0.2, 0) is 28.7 Å². The van der Waals surface area contributed by atoms with Gasteiger partial charge >= 0.3 is 5.97 Å². The number of ether oxygens (including phenoxy) is 3. The SMILES string of the molecule is C=CCCC(=O)NC[C@H](OC(=O)[C@@H]1[C@H]2O[C@@]3(CC2Br)[C@H](C(=O)N(CC=C)c2ccc(OC)cc2)N([C@@H](CC)CO)C(=O)[C@@H]13)c1ccccc1. The summed E-state index contributed by atoms with van der Waals surface area (Å²) < 4.78 is 18.1. The number of hydrogen-bond donors (Lipinski definition) is 2. The minimum Gasteiger partial charge on any atom is -0.497 e. The van der Waals surface area contributed by atoms with Crippen molar-refractivity contribution in [3.05, 3.63) is 85.5 Å². The molecule has 1 spiro atoms. The standard InChI is InChI=1S/C37H44BrN3O8/c1-5-8-14-29(43)39-21-28(23-12-10-9-11-13-23)48-36(46)30-31-34(44)41(24(7-3)22-42)33(37(31)20-27(38)32(30)49-37)35(45)40(19-6-2)25-15-17-26(47-4)18-16-25/h5-6,9-13,15-18,24,27-28,30-33,42H,1-2,7-8,14,19-22H2,3-4H3,(H,39,43)/t24-,27?,28-,30-,31+,32-,33-,37+/m0/s1. The van der Waals surface area contributed by atoms with Crippen molar-refractivity contribution in [1.82, 2.24) is 10.2 Å². The number of rotatable bonds is 16. The number of nitrogens with zero attached hydrogens (tertiary/aromatic N) is 2. The lowest BCUT2D eigenvalue weighted by molar-refractivity contribution is -0.160. The van der Waals surface area contributed by atoms with Gasteiger partial charge in [0.05, 0.1) is 44.2 Å². The summed E-state index contributed by atoms with van der Waals surface area (Å²) in [6.07, 6.45) is 3.08. The van der Waals surface area contributed by atoms with Crippen molar-refractivity contribution in [2.75, 3.05) is 31.7 Å². The number of carbonyl (C=O) groups excluding carboxylic acids is 4. The number of methoxy groups -OCH3 is 1. The van der Waals surface area contributed by atoms with Crippen molar-refractivity contribution < 1.29 is 38.5 Å². The van der Waals surface area contributed by atoms with Gasteiger partial charge in [0.15, 0.2) is 0 Å². The van der Waals surface area contributed by atoms with Gasteiger partial charge in [0.1, 0.15) is 23.5 Å². The highest BCUT2D eigenvalue weighted by atomic mass is 79.9. The van der Waals surface area contributed by atoms with Gasteiger partial charge in [-0.05, 0) is 49.1 Å². The van der Waals surface area contributed by atoms with Gasteiger partial charge < -0.3 is 34.4 Å². The number of benzene rings is 2. The van der Waals surface area contributed by atoms with Crippen LogP contribution in [0.1, 0.15) is 44.3 Å². The third kappa shape index (κ3) is 6.91. The summed E-state index contributed by atoms with van der Waals surface area (Å²) in [6.45, 7) is 9.13. The first-order valence-electron chi connectivity index (χ1n) is 16.6. The molecule has 0 aromatic heterocycles. The number of halogens is 1. The zero-order valence-electron chi connectivity index (χ0n) is 27.8. The smallest absolute Gasteiger partial charge is 0.313 e. The average molecular weight is 739 g/mol. The number of likely N-dealkylation sites (tertiary alicyclic amines) is 1. The van der Waals surface area contributed by atoms with Gasteiger partial charge in [-0.3, -0.25) is 19.2 Å². The van der Waals surface area contributed by atoms with Crippen molar-refractivity contribution in [2.45, 2.75) is 67.3 Å². The lowest BCUT2D eigenvalue weighted by atomic mass is 9.70. The lowest BCUT2D eigenvalue weighted by Crippen LogP contribution is -2.59. The van der Waals surface area contributed by atoms with E-state index < -0.39 is 59.5 Å². The second-order valence-electron chi connectivity index (χ2n) is 12.6. The monoisotopic (exact) mass is 737 g/mol.